The minimum absolute atomic E-state index is 0.0633. The summed E-state index contributed by atoms with van der Waals surface area (Å²) in [5, 5.41) is 0. The van der Waals surface area contributed by atoms with Crippen LogP contribution in [0, 0.1) is 0 Å². The Balaban J connectivity index is 2.09. The van der Waals surface area contributed by atoms with Crippen LogP contribution in [0.3, 0.4) is 0 Å². The summed E-state index contributed by atoms with van der Waals surface area (Å²) in [6, 6.07) is 30.8. The highest BCUT2D eigenvalue weighted by Crippen LogP contribution is 2.22. The zero-order valence-electron chi connectivity index (χ0n) is 13.0. The van der Waals surface area contributed by atoms with Gasteiger partial charge in [0, 0.05) is 11.1 Å². The van der Waals surface area contributed by atoms with Gasteiger partial charge in [0.25, 0.3) is 0 Å². The number of rotatable bonds is 5. The van der Waals surface area contributed by atoms with Crippen molar-refractivity contribution in [1.29, 1.82) is 0 Å². The third-order valence-electron chi connectivity index (χ3n) is 3.73. The van der Waals surface area contributed by atoms with E-state index in [1.165, 1.54) is 0 Å². The summed E-state index contributed by atoms with van der Waals surface area (Å²) in [4.78, 5) is 5.00. The molecule has 0 radical (unpaired) electrons. The largest absolute Gasteiger partial charge is 0.272 e. The second-order valence-electron chi connectivity index (χ2n) is 5.30. The zero-order chi connectivity index (χ0) is 15.9. The van der Waals surface area contributed by atoms with E-state index in [2.05, 4.69) is 43.0 Å². The van der Waals surface area contributed by atoms with Crippen molar-refractivity contribution in [1.82, 2.24) is 0 Å². The highest BCUT2D eigenvalue weighted by molar-refractivity contribution is 6.13. The van der Waals surface area contributed by atoms with Gasteiger partial charge in [0.05, 0.1) is 11.8 Å². The first kappa shape index (κ1) is 15.0. The molecule has 0 N–H and O–H groups in total. The predicted molar refractivity (Wildman–Crippen MR) is 97.9 cm³/mol. The lowest BCUT2D eigenvalue weighted by molar-refractivity contribution is 0.915. The van der Waals surface area contributed by atoms with Crippen molar-refractivity contribution in [2.75, 3.05) is 0 Å². The normalized spacial score (nSPS) is 11.5. The molecule has 23 heavy (non-hydrogen) atoms. The van der Waals surface area contributed by atoms with Crippen LogP contribution in [-0.4, -0.2) is 5.71 Å². The van der Waals surface area contributed by atoms with Crippen LogP contribution in [-0.2, 0) is 0 Å². The molecule has 1 unspecified atom stereocenters. The van der Waals surface area contributed by atoms with E-state index in [-0.39, 0.29) is 6.04 Å². The quantitative estimate of drug-likeness (QED) is 0.438. The second kappa shape index (κ2) is 7.37. The summed E-state index contributed by atoms with van der Waals surface area (Å²) < 4.78 is 0. The van der Waals surface area contributed by atoms with Crippen molar-refractivity contribution in [3.05, 3.63) is 120 Å². The second-order valence-corrected chi connectivity index (χ2v) is 5.30. The van der Waals surface area contributed by atoms with E-state index in [4.69, 9.17) is 4.99 Å². The summed E-state index contributed by atoms with van der Waals surface area (Å²) in [6.45, 7) is 3.97. The molecule has 3 aromatic rings. The average Bonchev–Trinajstić information content (AvgIpc) is 2.65. The van der Waals surface area contributed by atoms with E-state index < -0.39 is 0 Å². The molecular weight excluding hydrogens is 278 g/mol. The van der Waals surface area contributed by atoms with E-state index in [9.17, 15) is 0 Å². The molecule has 0 spiro atoms. The van der Waals surface area contributed by atoms with Crippen LogP contribution >= 0.6 is 0 Å². The fourth-order valence-electron chi connectivity index (χ4n) is 2.56. The average molecular weight is 297 g/mol. The summed E-state index contributed by atoms with van der Waals surface area (Å²) in [5.41, 5.74) is 4.36. The summed E-state index contributed by atoms with van der Waals surface area (Å²) >= 11 is 0. The molecule has 1 heteroatoms. The molecule has 3 aromatic carbocycles. The maximum atomic E-state index is 5.00. The molecule has 0 aliphatic rings. The van der Waals surface area contributed by atoms with Gasteiger partial charge in [-0.3, -0.25) is 4.99 Å². The van der Waals surface area contributed by atoms with Gasteiger partial charge >= 0.3 is 0 Å². The fourth-order valence-corrected chi connectivity index (χ4v) is 2.56. The maximum absolute atomic E-state index is 5.00. The standard InChI is InChI=1S/C22H19N/c1-2-21(18-12-6-3-7-13-18)23-22(19-14-8-4-9-15-19)20-16-10-5-11-17-20/h2-17,21H,1H2. The molecule has 0 aromatic heterocycles. The van der Waals surface area contributed by atoms with E-state index in [1.807, 2.05) is 60.7 Å². The van der Waals surface area contributed by atoms with Crippen LogP contribution < -0.4 is 0 Å². The van der Waals surface area contributed by atoms with Crippen molar-refractivity contribution in [2.45, 2.75) is 6.04 Å². The third kappa shape index (κ3) is 3.64. The Bertz CT molecular complexity index is 732. The van der Waals surface area contributed by atoms with E-state index in [1.54, 1.807) is 0 Å². The lowest BCUT2D eigenvalue weighted by atomic mass is 10.0. The molecule has 0 saturated heterocycles. The van der Waals surface area contributed by atoms with Gasteiger partial charge in [-0.25, -0.2) is 0 Å². The van der Waals surface area contributed by atoms with Crippen LogP contribution in [0.15, 0.2) is 109 Å². The van der Waals surface area contributed by atoms with Gasteiger partial charge < -0.3 is 0 Å². The molecule has 0 heterocycles. The van der Waals surface area contributed by atoms with E-state index >= 15 is 0 Å². The van der Waals surface area contributed by atoms with Crippen LogP contribution in [0.25, 0.3) is 0 Å². The Labute approximate surface area is 137 Å². The zero-order valence-corrected chi connectivity index (χ0v) is 13.0. The fraction of sp³-hybridized carbons (Fsp3) is 0.0455. The van der Waals surface area contributed by atoms with Gasteiger partial charge in [-0.15, -0.1) is 6.58 Å². The maximum Gasteiger partial charge on any atom is 0.0935 e. The van der Waals surface area contributed by atoms with Gasteiger partial charge in [0.15, 0.2) is 0 Å². The van der Waals surface area contributed by atoms with Crippen LogP contribution in [0.4, 0.5) is 0 Å². The van der Waals surface area contributed by atoms with Crippen molar-refractivity contribution in [2.24, 2.45) is 4.99 Å². The van der Waals surface area contributed by atoms with E-state index in [0.29, 0.717) is 0 Å². The summed E-state index contributed by atoms with van der Waals surface area (Å²) in [5.74, 6) is 0. The molecular formula is C22H19N. The van der Waals surface area contributed by atoms with E-state index in [0.717, 1.165) is 22.4 Å². The smallest absolute Gasteiger partial charge is 0.0935 e. The van der Waals surface area contributed by atoms with Crippen molar-refractivity contribution in [3.8, 4) is 0 Å². The van der Waals surface area contributed by atoms with Gasteiger partial charge in [-0.05, 0) is 5.56 Å². The van der Waals surface area contributed by atoms with Crippen molar-refractivity contribution < 1.29 is 0 Å². The molecule has 3 rings (SSSR count). The number of benzene rings is 3. The Morgan fingerprint density at radius 3 is 1.57 bits per heavy atom. The first-order valence-corrected chi connectivity index (χ1v) is 7.74. The lowest BCUT2D eigenvalue weighted by Crippen LogP contribution is -2.06. The van der Waals surface area contributed by atoms with Crippen LogP contribution in [0.1, 0.15) is 22.7 Å². The first-order valence-electron chi connectivity index (χ1n) is 7.74. The van der Waals surface area contributed by atoms with Crippen molar-refractivity contribution in [3.63, 3.8) is 0 Å². The minimum Gasteiger partial charge on any atom is -0.272 e. The minimum atomic E-state index is -0.0633. The van der Waals surface area contributed by atoms with Gasteiger partial charge in [-0.1, -0.05) is 97.1 Å². The molecule has 1 atom stereocenters. The lowest BCUT2D eigenvalue weighted by Gasteiger charge is -2.13. The Morgan fingerprint density at radius 2 is 1.13 bits per heavy atom. The highest BCUT2D eigenvalue weighted by atomic mass is 14.8. The molecule has 0 saturated carbocycles. The predicted octanol–water partition coefficient (Wildman–Crippen LogP) is 5.45. The Hall–Kier alpha value is -2.93. The molecule has 112 valence electrons. The van der Waals surface area contributed by atoms with Crippen LogP contribution in [0.5, 0.6) is 0 Å². The monoisotopic (exact) mass is 297 g/mol. The summed E-state index contributed by atoms with van der Waals surface area (Å²) in [7, 11) is 0. The Kier molecular flexibility index (Phi) is 4.80. The topological polar surface area (TPSA) is 12.4 Å². The molecule has 0 amide bonds. The van der Waals surface area contributed by atoms with Gasteiger partial charge in [0.1, 0.15) is 0 Å². The molecule has 0 aliphatic heterocycles. The van der Waals surface area contributed by atoms with Crippen molar-refractivity contribution >= 4 is 5.71 Å². The molecule has 0 aliphatic carbocycles. The molecule has 1 nitrogen and oxygen atoms in total. The van der Waals surface area contributed by atoms with Crippen LogP contribution in [0.2, 0.25) is 0 Å². The highest BCUT2D eigenvalue weighted by Gasteiger charge is 2.11. The van der Waals surface area contributed by atoms with Gasteiger partial charge in [-0.2, -0.15) is 0 Å². The number of aliphatic imine (C=N–C) groups is 1. The molecule has 0 fully saturated rings. The SMILES string of the molecule is C=CC(N=C(c1ccccc1)c1ccccc1)c1ccccc1. The number of nitrogens with zero attached hydrogens (tertiary/aromatic N) is 1. The molecule has 0 bridgehead atoms. The number of hydrogen-bond acceptors (Lipinski definition) is 1. The summed E-state index contributed by atoms with van der Waals surface area (Å²) in [6.07, 6.45) is 1.89. The Morgan fingerprint density at radius 1 is 0.696 bits per heavy atom. The van der Waals surface area contributed by atoms with Gasteiger partial charge in [0.2, 0.25) is 0 Å². The first-order chi connectivity index (χ1) is 11.4. The third-order valence-corrected chi connectivity index (χ3v) is 3.73. The number of hydrogen-bond donors (Lipinski definition) is 0.